The van der Waals surface area contributed by atoms with Gasteiger partial charge in [-0.05, 0) is 18.6 Å². The summed E-state index contributed by atoms with van der Waals surface area (Å²) in [5, 5.41) is 14.3. The van der Waals surface area contributed by atoms with Gasteiger partial charge in [-0.2, -0.15) is 0 Å². The predicted octanol–water partition coefficient (Wildman–Crippen LogP) is 3.53. The summed E-state index contributed by atoms with van der Waals surface area (Å²) in [6.07, 6.45) is 4.09. The molecule has 1 aromatic heterocycles. The molecule has 6 nitrogen and oxygen atoms in total. The average molecular weight is 281 g/mol. The number of nitro groups is 1. The Labute approximate surface area is 115 Å². The topological polar surface area (TPSA) is 83.8 Å². The molecule has 19 heavy (non-hydrogen) atoms. The Kier molecular flexibility index (Phi) is 4.01. The number of halogens is 1. The Hall–Kier alpha value is -2.08. The second-order valence-electron chi connectivity index (χ2n) is 3.97. The van der Waals surface area contributed by atoms with E-state index in [0.29, 0.717) is 5.69 Å². The summed E-state index contributed by atoms with van der Waals surface area (Å²) in [7, 11) is 0. The van der Waals surface area contributed by atoms with Gasteiger partial charge in [0, 0.05) is 12.4 Å². The predicted molar refractivity (Wildman–Crippen MR) is 73.3 cm³/mol. The minimum Gasteiger partial charge on any atom is -0.370 e. The van der Waals surface area contributed by atoms with Crippen LogP contribution in [0.15, 0.2) is 30.6 Å². The van der Waals surface area contributed by atoms with Crippen molar-refractivity contribution in [3.8, 4) is 0 Å². The molecule has 7 heteroatoms. The fraction of sp³-hybridized carbons (Fsp3) is 0.250. The first-order chi connectivity index (χ1) is 9.13. The molecule has 1 atom stereocenters. The molecule has 2 aromatic rings. The molecule has 1 aromatic carbocycles. The van der Waals surface area contributed by atoms with Crippen molar-refractivity contribution >= 4 is 23.0 Å². The summed E-state index contributed by atoms with van der Waals surface area (Å²) in [6, 6.07) is 4.67. The molecule has 0 fully saturated rings. The Balaban J connectivity index is 2.32. The average Bonchev–Trinajstić information content (AvgIpc) is 2.89. The van der Waals surface area contributed by atoms with E-state index in [2.05, 4.69) is 15.3 Å². The number of anilines is 1. The number of nitrogens with zero attached hydrogens (tertiary/aromatic N) is 2. The van der Waals surface area contributed by atoms with Gasteiger partial charge in [0.05, 0.1) is 11.0 Å². The number of aromatic amines is 1. The SMILES string of the molecule is CCC(Nc1cccc(Cl)c1[N+](=O)[O-])c1ncc[nH]1. The van der Waals surface area contributed by atoms with Crippen LogP contribution in [0.2, 0.25) is 5.02 Å². The highest BCUT2D eigenvalue weighted by molar-refractivity contribution is 6.33. The van der Waals surface area contributed by atoms with E-state index in [-0.39, 0.29) is 16.8 Å². The molecular formula is C12H13ClN4O2. The van der Waals surface area contributed by atoms with Gasteiger partial charge in [-0.15, -0.1) is 0 Å². The zero-order chi connectivity index (χ0) is 13.8. The molecule has 1 heterocycles. The molecule has 0 amide bonds. The molecular weight excluding hydrogens is 268 g/mol. The van der Waals surface area contributed by atoms with Gasteiger partial charge < -0.3 is 10.3 Å². The highest BCUT2D eigenvalue weighted by Gasteiger charge is 2.21. The van der Waals surface area contributed by atoms with Gasteiger partial charge in [0.1, 0.15) is 16.5 Å². The van der Waals surface area contributed by atoms with Crippen LogP contribution in [0.4, 0.5) is 11.4 Å². The van der Waals surface area contributed by atoms with Crippen molar-refractivity contribution in [2.45, 2.75) is 19.4 Å². The molecule has 0 radical (unpaired) electrons. The van der Waals surface area contributed by atoms with Gasteiger partial charge in [-0.25, -0.2) is 4.98 Å². The second kappa shape index (κ2) is 5.71. The van der Waals surface area contributed by atoms with E-state index >= 15 is 0 Å². The molecule has 0 aliphatic heterocycles. The number of hydrogen-bond acceptors (Lipinski definition) is 4. The Morgan fingerprint density at radius 2 is 2.37 bits per heavy atom. The smallest absolute Gasteiger partial charge is 0.310 e. The molecule has 0 saturated heterocycles. The number of nitro benzene ring substituents is 1. The maximum absolute atomic E-state index is 11.1. The summed E-state index contributed by atoms with van der Waals surface area (Å²) < 4.78 is 0. The van der Waals surface area contributed by atoms with E-state index in [1.165, 1.54) is 6.07 Å². The van der Waals surface area contributed by atoms with Crippen LogP contribution in [0, 0.1) is 10.1 Å². The van der Waals surface area contributed by atoms with E-state index in [4.69, 9.17) is 11.6 Å². The van der Waals surface area contributed by atoms with Gasteiger partial charge in [0.25, 0.3) is 0 Å². The lowest BCUT2D eigenvalue weighted by Gasteiger charge is -2.16. The molecule has 0 aliphatic rings. The molecule has 1 unspecified atom stereocenters. The Morgan fingerprint density at radius 1 is 1.58 bits per heavy atom. The van der Waals surface area contributed by atoms with Crippen LogP contribution >= 0.6 is 11.6 Å². The molecule has 2 rings (SSSR count). The van der Waals surface area contributed by atoms with E-state index in [0.717, 1.165) is 12.2 Å². The fourth-order valence-electron chi connectivity index (χ4n) is 1.84. The van der Waals surface area contributed by atoms with Crippen LogP contribution in [0.25, 0.3) is 0 Å². The van der Waals surface area contributed by atoms with Crippen LogP contribution in [-0.4, -0.2) is 14.9 Å². The third kappa shape index (κ3) is 2.85. The number of imidazole rings is 1. The van der Waals surface area contributed by atoms with Gasteiger partial charge in [-0.1, -0.05) is 24.6 Å². The lowest BCUT2D eigenvalue weighted by Crippen LogP contribution is -2.12. The number of hydrogen-bond donors (Lipinski definition) is 2. The highest BCUT2D eigenvalue weighted by Crippen LogP contribution is 2.34. The van der Waals surface area contributed by atoms with E-state index in [9.17, 15) is 10.1 Å². The van der Waals surface area contributed by atoms with Gasteiger partial charge >= 0.3 is 5.69 Å². The highest BCUT2D eigenvalue weighted by atomic mass is 35.5. The van der Waals surface area contributed by atoms with Crippen LogP contribution in [0.3, 0.4) is 0 Å². The first kappa shape index (κ1) is 13.4. The largest absolute Gasteiger partial charge is 0.370 e. The number of nitrogens with one attached hydrogen (secondary N) is 2. The van der Waals surface area contributed by atoms with Crippen molar-refractivity contribution in [3.63, 3.8) is 0 Å². The molecule has 0 bridgehead atoms. The van der Waals surface area contributed by atoms with Crippen LogP contribution in [0.5, 0.6) is 0 Å². The second-order valence-corrected chi connectivity index (χ2v) is 4.38. The summed E-state index contributed by atoms with van der Waals surface area (Å²) in [4.78, 5) is 17.7. The van der Waals surface area contributed by atoms with Gasteiger partial charge in [0.2, 0.25) is 0 Å². The first-order valence-electron chi connectivity index (χ1n) is 5.82. The summed E-state index contributed by atoms with van der Waals surface area (Å²) in [5.74, 6) is 0.733. The quantitative estimate of drug-likeness (QED) is 0.648. The summed E-state index contributed by atoms with van der Waals surface area (Å²) in [6.45, 7) is 1.97. The first-order valence-corrected chi connectivity index (χ1v) is 6.20. The van der Waals surface area contributed by atoms with Crippen LogP contribution in [0.1, 0.15) is 25.2 Å². The number of benzene rings is 1. The number of H-pyrrole nitrogens is 1. The monoisotopic (exact) mass is 280 g/mol. The van der Waals surface area contributed by atoms with Crippen molar-refractivity contribution in [2.75, 3.05) is 5.32 Å². The Morgan fingerprint density at radius 3 is 2.95 bits per heavy atom. The standard InChI is InChI=1S/C12H13ClN4O2/c1-2-9(12-14-6-7-15-12)16-10-5-3-4-8(13)11(10)17(18)19/h3-7,9,16H,2H2,1H3,(H,14,15). The molecule has 0 saturated carbocycles. The minimum absolute atomic E-state index is 0.115. The maximum Gasteiger partial charge on any atom is 0.310 e. The van der Waals surface area contributed by atoms with Crippen molar-refractivity contribution in [2.24, 2.45) is 0 Å². The zero-order valence-corrected chi connectivity index (χ0v) is 11.0. The summed E-state index contributed by atoms with van der Waals surface area (Å²) in [5.41, 5.74) is 0.273. The molecule has 0 aliphatic carbocycles. The van der Waals surface area contributed by atoms with Gasteiger partial charge in [-0.3, -0.25) is 10.1 Å². The lowest BCUT2D eigenvalue weighted by atomic mass is 10.2. The van der Waals surface area contributed by atoms with Crippen LogP contribution < -0.4 is 5.32 Å². The van der Waals surface area contributed by atoms with E-state index in [1.54, 1.807) is 24.5 Å². The lowest BCUT2D eigenvalue weighted by molar-refractivity contribution is -0.383. The van der Waals surface area contributed by atoms with E-state index in [1.807, 2.05) is 6.92 Å². The van der Waals surface area contributed by atoms with Crippen molar-refractivity contribution in [1.82, 2.24) is 9.97 Å². The van der Waals surface area contributed by atoms with Gasteiger partial charge in [0.15, 0.2) is 0 Å². The number of para-hydroxylation sites is 1. The molecule has 0 spiro atoms. The third-order valence-electron chi connectivity index (χ3n) is 2.76. The number of rotatable bonds is 5. The molecule has 100 valence electrons. The van der Waals surface area contributed by atoms with Crippen molar-refractivity contribution in [3.05, 3.63) is 51.6 Å². The van der Waals surface area contributed by atoms with Crippen LogP contribution in [-0.2, 0) is 0 Å². The third-order valence-corrected chi connectivity index (χ3v) is 3.06. The van der Waals surface area contributed by atoms with Crippen molar-refractivity contribution < 1.29 is 4.92 Å². The normalized spacial score (nSPS) is 12.1. The summed E-state index contributed by atoms with van der Waals surface area (Å²) >= 11 is 5.87. The fourth-order valence-corrected chi connectivity index (χ4v) is 2.08. The maximum atomic E-state index is 11.1. The minimum atomic E-state index is -0.487. The Bertz CT molecular complexity index is 571. The van der Waals surface area contributed by atoms with Crippen molar-refractivity contribution in [1.29, 1.82) is 0 Å². The zero-order valence-electron chi connectivity index (χ0n) is 10.3. The van der Waals surface area contributed by atoms with E-state index < -0.39 is 4.92 Å². The molecule has 2 N–H and O–H groups in total. The number of aromatic nitrogens is 2.